The second-order valence-corrected chi connectivity index (χ2v) is 7.97. The molecule has 1 atom stereocenters. The van der Waals surface area contributed by atoms with Crippen LogP contribution in [0.4, 0.5) is 0 Å². The van der Waals surface area contributed by atoms with Crippen LogP contribution in [0.25, 0.3) is 0 Å². The molecule has 0 spiro atoms. The van der Waals surface area contributed by atoms with Gasteiger partial charge < -0.3 is 19.7 Å². The van der Waals surface area contributed by atoms with E-state index in [1.165, 1.54) is 5.56 Å². The second-order valence-electron chi connectivity index (χ2n) is 7.97. The zero-order chi connectivity index (χ0) is 22.8. The van der Waals surface area contributed by atoms with Gasteiger partial charge in [0.15, 0.2) is 6.61 Å². The lowest BCUT2D eigenvalue weighted by molar-refractivity contribution is -0.142. The Balaban J connectivity index is 2.11. The van der Waals surface area contributed by atoms with Crippen LogP contribution >= 0.6 is 0 Å². The fourth-order valence-corrected chi connectivity index (χ4v) is 3.01. The Hall–Kier alpha value is -3.02. The van der Waals surface area contributed by atoms with E-state index < -0.39 is 6.04 Å². The van der Waals surface area contributed by atoms with Crippen LogP contribution in [-0.4, -0.2) is 43.0 Å². The van der Waals surface area contributed by atoms with Crippen molar-refractivity contribution in [1.29, 1.82) is 0 Å². The summed E-state index contributed by atoms with van der Waals surface area (Å²) in [5, 5.41) is 2.91. The number of nitrogens with zero attached hydrogens (tertiary/aromatic N) is 1. The molecular weight excluding hydrogens is 392 g/mol. The van der Waals surface area contributed by atoms with E-state index in [1.807, 2.05) is 62.4 Å². The number of hydrogen-bond acceptors (Lipinski definition) is 4. The summed E-state index contributed by atoms with van der Waals surface area (Å²) in [5.74, 6) is 1.27. The molecule has 2 aromatic carbocycles. The highest BCUT2D eigenvalue weighted by Gasteiger charge is 2.26. The predicted octanol–water partition coefficient (Wildman–Crippen LogP) is 3.83. The Morgan fingerprint density at radius 1 is 0.935 bits per heavy atom. The quantitative estimate of drug-likeness (QED) is 0.593. The third kappa shape index (κ3) is 7.63. The minimum absolute atomic E-state index is 0.135. The largest absolute Gasteiger partial charge is 0.497 e. The number of amides is 2. The maximum atomic E-state index is 13.0. The van der Waals surface area contributed by atoms with Crippen molar-refractivity contribution in [3.63, 3.8) is 0 Å². The Labute approximate surface area is 185 Å². The van der Waals surface area contributed by atoms with Crippen LogP contribution in [0.3, 0.4) is 0 Å². The topological polar surface area (TPSA) is 67.9 Å². The van der Waals surface area contributed by atoms with Crippen LogP contribution in [0.2, 0.25) is 0 Å². The van der Waals surface area contributed by atoms with Gasteiger partial charge in [-0.2, -0.15) is 0 Å². The number of aryl methyl sites for hydroxylation is 1. The zero-order valence-electron chi connectivity index (χ0n) is 19.2. The van der Waals surface area contributed by atoms with Crippen LogP contribution < -0.4 is 14.8 Å². The van der Waals surface area contributed by atoms with E-state index in [2.05, 4.69) is 12.2 Å². The van der Waals surface area contributed by atoms with Gasteiger partial charge >= 0.3 is 0 Å². The Kier molecular flexibility index (Phi) is 9.38. The Morgan fingerprint density at radius 3 is 2.06 bits per heavy atom. The number of carbonyl (C=O) groups is 2. The van der Waals surface area contributed by atoms with Gasteiger partial charge in [0.2, 0.25) is 5.91 Å². The van der Waals surface area contributed by atoms with E-state index in [4.69, 9.17) is 9.47 Å². The summed E-state index contributed by atoms with van der Waals surface area (Å²) in [7, 11) is 1.61. The lowest BCUT2D eigenvalue weighted by atomic mass is 10.1. The molecule has 2 amide bonds. The van der Waals surface area contributed by atoms with E-state index in [0.717, 1.165) is 17.7 Å². The van der Waals surface area contributed by atoms with Crippen molar-refractivity contribution >= 4 is 11.8 Å². The molecule has 0 aromatic heterocycles. The molecule has 2 rings (SSSR count). The molecule has 0 saturated heterocycles. The highest BCUT2D eigenvalue weighted by atomic mass is 16.5. The Morgan fingerprint density at radius 2 is 1.52 bits per heavy atom. The smallest absolute Gasteiger partial charge is 0.261 e. The molecule has 0 fully saturated rings. The van der Waals surface area contributed by atoms with Crippen molar-refractivity contribution in [2.75, 3.05) is 20.3 Å². The minimum Gasteiger partial charge on any atom is -0.497 e. The van der Waals surface area contributed by atoms with Crippen molar-refractivity contribution in [3.8, 4) is 11.5 Å². The van der Waals surface area contributed by atoms with E-state index in [1.54, 1.807) is 18.9 Å². The highest BCUT2D eigenvalue weighted by Crippen LogP contribution is 2.16. The van der Waals surface area contributed by atoms with Crippen LogP contribution in [0.5, 0.6) is 11.5 Å². The van der Waals surface area contributed by atoms with Crippen molar-refractivity contribution in [2.45, 2.75) is 46.7 Å². The van der Waals surface area contributed by atoms with Crippen LogP contribution in [0.15, 0.2) is 48.5 Å². The first kappa shape index (κ1) is 24.3. The van der Waals surface area contributed by atoms with E-state index >= 15 is 0 Å². The molecule has 0 radical (unpaired) electrons. The average molecular weight is 427 g/mol. The number of benzene rings is 2. The van der Waals surface area contributed by atoms with Gasteiger partial charge in [0.05, 0.1) is 7.11 Å². The van der Waals surface area contributed by atoms with Gasteiger partial charge in [-0.05, 0) is 54.7 Å². The van der Waals surface area contributed by atoms with E-state index in [9.17, 15) is 9.59 Å². The van der Waals surface area contributed by atoms with Crippen LogP contribution in [0.1, 0.15) is 38.8 Å². The maximum Gasteiger partial charge on any atom is 0.261 e. The molecule has 168 valence electrons. The lowest BCUT2D eigenvalue weighted by Gasteiger charge is -2.29. The molecule has 6 heteroatoms. The molecule has 31 heavy (non-hydrogen) atoms. The number of ether oxygens (including phenoxy) is 2. The van der Waals surface area contributed by atoms with Gasteiger partial charge in [-0.1, -0.05) is 45.0 Å². The molecular formula is C25H34N2O4. The first-order valence-electron chi connectivity index (χ1n) is 10.8. The van der Waals surface area contributed by atoms with Gasteiger partial charge in [0.25, 0.3) is 5.91 Å². The highest BCUT2D eigenvalue weighted by molar-refractivity contribution is 5.87. The second kappa shape index (κ2) is 12.0. The minimum atomic E-state index is -0.626. The molecule has 1 N–H and O–H groups in total. The van der Waals surface area contributed by atoms with Gasteiger partial charge in [0, 0.05) is 13.1 Å². The van der Waals surface area contributed by atoms with Crippen LogP contribution in [-0.2, 0) is 22.6 Å². The third-order valence-electron chi connectivity index (χ3n) is 5.06. The fourth-order valence-electron chi connectivity index (χ4n) is 3.01. The number of carbonyl (C=O) groups excluding carboxylic acids is 2. The maximum absolute atomic E-state index is 13.0. The lowest BCUT2D eigenvalue weighted by Crippen LogP contribution is -2.49. The normalized spacial score (nSPS) is 11.7. The molecule has 0 aliphatic carbocycles. The number of methoxy groups -OCH3 is 1. The first-order chi connectivity index (χ1) is 14.8. The predicted molar refractivity (Wildman–Crippen MR) is 122 cm³/mol. The van der Waals surface area contributed by atoms with Crippen LogP contribution in [0, 0.1) is 5.92 Å². The molecule has 0 saturated carbocycles. The van der Waals surface area contributed by atoms with Crippen molar-refractivity contribution < 1.29 is 19.1 Å². The summed E-state index contributed by atoms with van der Waals surface area (Å²) in [6.07, 6.45) is 0.942. The monoisotopic (exact) mass is 426 g/mol. The summed E-state index contributed by atoms with van der Waals surface area (Å²) in [6.45, 7) is 8.62. The van der Waals surface area contributed by atoms with Crippen molar-refractivity contribution in [3.05, 3.63) is 59.7 Å². The summed E-state index contributed by atoms with van der Waals surface area (Å²) in [6, 6.07) is 14.5. The molecule has 2 aromatic rings. The summed E-state index contributed by atoms with van der Waals surface area (Å²) in [4.78, 5) is 27.3. The van der Waals surface area contributed by atoms with Gasteiger partial charge in [-0.25, -0.2) is 0 Å². The Bertz CT molecular complexity index is 832. The van der Waals surface area contributed by atoms with Gasteiger partial charge in [-0.15, -0.1) is 0 Å². The molecule has 0 unspecified atom stereocenters. The van der Waals surface area contributed by atoms with E-state index in [-0.39, 0.29) is 18.4 Å². The summed E-state index contributed by atoms with van der Waals surface area (Å²) >= 11 is 0. The fraction of sp³-hybridized carbons (Fsp3) is 0.440. The average Bonchev–Trinajstić information content (AvgIpc) is 2.79. The standard InChI is InChI=1S/C25H34N2O4/c1-6-20-7-13-23(14-8-20)31-17-24(28)27(19(4)25(29)26-15-18(2)3)16-21-9-11-22(30-5)12-10-21/h7-14,18-19H,6,15-17H2,1-5H3,(H,26,29)/t19-/m0/s1. The zero-order valence-corrected chi connectivity index (χ0v) is 19.2. The first-order valence-corrected chi connectivity index (χ1v) is 10.8. The molecule has 6 nitrogen and oxygen atoms in total. The number of hydrogen-bond donors (Lipinski definition) is 1. The summed E-state index contributed by atoms with van der Waals surface area (Å²) in [5.41, 5.74) is 2.11. The molecule has 0 heterocycles. The number of rotatable bonds is 11. The van der Waals surface area contributed by atoms with E-state index in [0.29, 0.717) is 24.8 Å². The SMILES string of the molecule is CCc1ccc(OCC(=O)N(Cc2ccc(OC)cc2)[C@@H](C)C(=O)NCC(C)C)cc1. The molecule has 0 aliphatic heterocycles. The molecule has 0 bridgehead atoms. The van der Waals surface area contributed by atoms with Crippen molar-refractivity contribution in [2.24, 2.45) is 5.92 Å². The molecule has 0 aliphatic rings. The third-order valence-corrected chi connectivity index (χ3v) is 5.06. The van der Waals surface area contributed by atoms with Gasteiger partial charge in [0.1, 0.15) is 17.5 Å². The number of nitrogens with one attached hydrogen (secondary N) is 1. The van der Waals surface area contributed by atoms with Crippen molar-refractivity contribution in [1.82, 2.24) is 10.2 Å². The van der Waals surface area contributed by atoms with Gasteiger partial charge in [-0.3, -0.25) is 9.59 Å². The summed E-state index contributed by atoms with van der Waals surface area (Å²) < 4.78 is 10.9.